The third-order valence-corrected chi connectivity index (χ3v) is 4.40. The molecule has 1 aliphatic rings. The average molecular weight is 298 g/mol. The molecule has 2 rings (SSSR count). The molecule has 1 aromatic rings. The maximum Gasteiger partial charge on any atom is 0.294 e. The van der Waals surface area contributed by atoms with E-state index in [0.29, 0.717) is 22.8 Å². The molecule has 0 amide bonds. The minimum absolute atomic E-state index is 0.0794. The van der Waals surface area contributed by atoms with Crippen molar-refractivity contribution in [3.05, 3.63) is 33.3 Å². The van der Waals surface area contributed by atoms with Crippen molar-refractivity contribution >= 4 is 23.0 Å². The molecule has 1 saturated carbocycles. The molecule has 1 aliphatic carbocycles. The minimum atomic E-state index is -0.364. The Bertz CT molecular complexity index is 487. The Balaban J connectivity index is 2.17. The molecule has 6 heteroatoms. The number of nitro benzene ring substituents is 1. The average Bonchev–Trinajstić information content (AvgIpc) is 2.46. The van der Waals surface area contributed by atoms with E-state index in [1.54, 1.807) is 12.1 Å². The molecule has 0 heterocycles. The van der Waals surface area contributed by atoms with Gasteiger partial charge in [0, 0.05) is 30.2 Å². The quantitative estimate of drug-likeness (QED) is 0.685. The predicted molar refractivity (Wildman–Crippen MR) is 81.6 cm³/mol. The second kappa shape index (κ2) is 6.41. The van der Waals surface area contributed by atoms with Gasteiger partial charge in [-0.2, -0.15) is 0 Å². The van der Waals surface area contributed by atoms with Gasteiger partial charge in [-0.15, -0.1) is 0 Å². The number of anilines is 1. The second-order valence-electron chi connectivity index (χ2n) is 5.30. The van der Waals surface area contributed by atoms with Gasteiger partial charge in [-0.25, -0.2) is 0 Å². The molecule has 20 heavy (non-hydrogen) atoms. The van der Waals surface area contributed by atoms with Gasteiger partial charge >= 0.3 is 0 Å². The van der Waals surface area contributed by atoms with Crippen molar-refractivity contribution in [2.75, 3.05) is 19.0 Å². The first kappa shape index (κ1) is 15.1. The van der Waals surface area contributed by atoms with Crippen LogP contribution in [-0.2, 0) is 0 Å². The fourth-order valence-corrected chi connectivity index (χ4v) is 3.06. The number of nitro groups is 1. The molecule has 1 aromatic carbocycles. The maximum absolute atomic E-state index is 11.2. The Morgan fingerprint density at radius 2 is 2.00 bits per heavy atom. The molecular formula is C14H20ClN3O2. The molecule has 1 N–H and O–H groups in total. The fraction of sp³-hybridized carbons (Fsp3) is 0.571. The lowest BCUT2D eigenvalue weighted by molar-refractivity contribution is -0.384. The zero-order valence-corrected chi connectivity index (χ0v) is 12.6. The zero-order chi connectivity index (χ0) is 14.7. The highest BCUT2D eigenvalue weighted by Gasteiger charge is 2.27. The van der Waals surface area contributed by atoms with E-state index in [0.717, 1.165) is 25.7 Å². The molecule has 0 aliphatic heterocycles. The molecule has 0 aromatic heterocycles. The van der Waals surface area contributed by atoms with Crippen LogP contribution in [0.1, 0.15) is 25.7 Å². The summed E-state index contributed by atoms with van der Waals surface area (Å²) >= 11 is 5.86. The zero-order valence-electron chi connectivity index (χ0n) is 11.8. The molecular weight excluding hydrogens is 278 g/mol. The molecule has 0 saturated heterocycles. The van der Waals surface area contributed by atoms with E-state index in [2.05, 4.69) is 5.32 Å². The summed E-state index contributed by atoms with van der Waals surface area (Å²) in [7, 11) is 3.92. The van der Waals surface area contributed by atoms with Crippen molar-refractivity contribution in [1.29, 1.82) is 0 Å². The number of nitrogens with one attached hydrogen (secondary N) is 1. The first-order valence-electron chi connectivity index (χ1n) is 6.87. The van der Waals surface area contributed by atoms with Crippen molar-refractivity contribution in [3.63, 3.8) is 0 Å². The highest BCUT2D eigenvalue weighted by atomic mass is 35.5. The van der Waals surface area contributed by atoms with Gasteiger partial charge in [-0.3, -0.25) is 10.1 Å². The maximum atomic E-state index is 11.2. The van der Waals surface area contributed by atoms with Crippen molar-refractivity contribution in [1.82, 2.24) is 5.32 Å². The second-order valence-corrected chi connectivity index (χ2v) is 5.73. The van der Waals surface area contributed by atoms with E-state index >= 15 is 0 Å². The number of hydrogen-bond acceptors (Lipinski definition) is 4. The number of benzene rings is 1. The highest BCUT2D eigenvalue weighted by molar-refractivity contribution is 6.30. The molecule has 0 bridgehead atoms. The largest absolute Gasteiger partial charge is 0.366 e. The third kappa shape index (κ3) is 3.22. The van der Waals surface area contributed by atoms with Gasteiger partial charge in [-0.1, -0.05) is 11.6 Å². The van der Waals surface area contributed by atoms with Gasteiger partial charge in [0.2, 0.25) is 0 Å². The summed E-state index contributed by atoms with van der Waals surface area (Å²) in [6, 6.07) is 5.79. The van der Waals surface area contributed by atoms with Crippen molar-refractivity contribution in [2.45, 2.75) is 37.8 Å². The van der Waals surface area contributed by atoms with Crippen LogP contribution in [0.4, 0.5) is 11.4 Å². The van der Waals surface area contributed by atoms with Gasteiger partial charge in [0.25, 0.3) is 5.69 Å². The lowest BCUT2D eigenvalue weighted by atomic mass is 9.90. The molecule has 1 fully saturated rings. The summed E-state index contributed by atoms with van der Waals surface area (Å²) in [6.45, 7) is 0. The summed E-state index contributed by atoms with van der Waals surface area (Å²) < 4.78 is 0. The van der Waals surface area contributed by atoms with Crippen LogP contribution >= 0.6 is 11.6 Å². The predicted octanol–water partition coefficient (Wildman–Crippen LogP) is 3.22. The topological polar surface area (TPSA) is 58.4 Å². The van der Waals surface area contributed by atoms with Crippen LogP contribution in [-0.4, -0.2) is 31.1 Å². The normalized spacial score (nSPS) is 22.6. The van der Waals surface area contributed by atoms with Crippen LogP contribution < -0.4 is 10.2 Å². The fourth-order valence-electron chi connectivity index (χ4n) is 2.89. The van der Waals surface area contributed by atoms with Crippen molar-refractivity contribution < 1.29 is 4.92 Å². The Hall–Kier alpha value is -1.33. The van der Waals surface area contributed by atoms with Gasteiger partial charge in [0.1, 0.15) is 5.69 Å². The van der Waals surface area contributed by atoms with Crippen LogP contribution in [0.2, 0.25) is 5.02 Å². The lowest BCUT2D eigenvalue weighted by Crippen LogP contribution is -2.40. The summed E-state index contributed by atoms with van der Waals surface area (Å²) in [5.74, 6) is 0. The first-order valence-corrected chi connectivity index (χ1v) is 7.24. The first-order chi connectivity index (χ1) is 9.52. The van der Waals surface area contributed by atoms with E-state index in [1.165, 1.54) is 6.07 Å². The smallest absolute Gasteiger partial charge is 0.294 e. The van der Waals surface area contributed by atoms with E-state index in [1.807, 2.05) is 19.0 Å². The Morgan fingerprint density at radius 3 is 2.55 bits per heavy atom. The van der Waals surface area contributed by atoms with Crippen molar-refractivity contribution in [3.8, 4) is 0 Å². The molecule has 0 atom stereocenters. The number of halogens is 1. The molecule has 0 unspecified atom stereocenters. The van der Waals surface area contributed by atoms with E-state index in [4.69, 9.17) is 11.6 Å². The summed E-state index contributed by atoms with van der Waals surface area (Å²) in [4.78, 5) is 12.8. The number of nitrogens with zero attached hydrogens (tertiary/aromatic N) is 2. The molecule has 0 radical (unpaired) electrons. The number of hydrogen-bond donors (Lipinski definition) is 1. The molecule has 5 nitrogen and oxygen atoms in total. The molecule has 0 spiro atoms. The standard InChI is InChI=1S/C14H20ClN3O2/c1-16-11-4-6-12(7-5-11)17(2)13-8-3-10(15)9-14(13)18(19)20/h3,8-9,11-12,16H,4-7H2,1-2H3. The Morgan fingerprint density at radius 1 is 1.35 bits per heavy atom. The van der Waals surface area contributed by atoms with Gasteiger partial charge in [0.05, 0.1) is 4.92 Å². The van der Waals surface area contributed by atoms with E-state index in [-0.39, 0.29) is 10.6 Å². The molecule has 110 valence electrons. The Labute approximate surface area is 124 Å². The van der Waals surface area contributed by atoms with Gasteiger partial charge in [0.15, 0.2) is 0 Å². The lowest BCUT2D eigenvalue weighted by Gasteiger charge is -2.35. The van der Waals surface area contributed by atoms with E-state index < -0.39 is 0 Å². The third-order valence-electron chi connectivity index (χ3n) is 4.17. The van der Waals surface area contributed by atoms with Crippen LogP contribution in [0.25, 0.3) is 0 Å². The minimum Gasteiger partial charge on any atom is -0.366 e. The highest BCUT2D eigenvalue weighted by Crippen LogP contribution is 2.34. The monoisotopic (exact) mass is 297 g/mol. The van der Waals surface area contributed by atoms with Crippen LogP contribution in [0.5, 0.6) is 0 Å². The van der Waals surface area contributed by atoms with Crippen LogP contribution in [0.15, 0.2) is 18.2 Å². The summed E-state index contributed by atoms with van der Waals surface area (Å²) in [5.41, 5.74) is 0.725. The SMILES string of the molecule is CNC1CCC(N(C)c2ccc(Cl)cc2[N+](=O)[O-])CC1. The van der Waals surface area contributed by atoms with Crippen LogP contribution in [0.3, 0.4) is 0 Å². The summed E-state index contributed by atoms with van der Waals surface area (Å²) in [5, 5.41) is 14.9. The Kier molecular flexibility index (Phi) is 4.83. The van der Waals surface area contributed by atoms with Crippen molar-refractivity contribution in [2.24, 2.45) is 0 Å². The van der Waals surface area contributed by atoms with E-state index in [9.17, 15) is 10.1 Å². The van der Waals surface area contributed by atoms with Gasteiger partial charge in [-0.05, 0) is 44.9 Å². The number of rotatable bonds is 4. The van der Waals surface area contributed by atoms with Gasteiger partial charge < -0.3 is 10.2 Å². The summed E-state index contributed by atoms with van der Waals surface area (Å²) in [6.07, 6.45) is 4.30. The van der Waals surface area contributed by atoms with Crippen LogP contribution in [0, 0.1) is 10.1 Å².